The van der Waals surface area contributed by atoms with E-state index in [2.05, 4.69) is 0 Å². The van der Waals surface area contributed by atoms with Crippen LogP contribution >= 0.6 is 0 Å². The van der Waals surface area contributed by atoms with E-state index >= 15 is 0 Å². The Morgan fingerprint density at radius 3 is 2.79 bits per heavy atom. The highest BCUT2D eigenvalue weighted by Gasteiger charge is 2.22. The molecule has 0 saturated heterocycles. The van der Waals surface area contributed by atoms with Gasteiger partial charge in [0.2, 0.25) is 0 Å². The molecule has 1 N–H and O–H groups in total. The van der Waals surface area contributed by atoms with Crippen LogP contribution in [0.15, 0.2) is 51.7 Å². The minimum Gasteiger partial charge on any atom is -0.478 e. The van der Waals surface area contributed by atoms with Gasteiger partial charge in [-0.1, -0.05) is 12.1 Å². The number of rotatable bonds is 2. The highest BCUT2D eigenvalue weighted by molar-refractivity contribution is 5.91. The van der Waals surface area contributed by atoms with E-state index < -0.39 is 5.97 Å². The summed E-state index contributed by atoms with van der Waals surface area (Å²) in [6, 6.07) is 11.2. The molecule has 0 spiro atoms. The lowest BCUT2D eigenvalue weighted by atomic mass is 10.0. The van der Waals surface area contributed by atoms with Crippen molar-refractivity contribution >= 4 is 16.9 Å². The Kier molecular flexibility index (Phi) is 3.32. The Morgan fingerprint density at radius 1 is 1.12 bits per heavy atom. The fourth-order valence-electron chi connectivity index (χ4n) is 2.76. The van der Waals surface area contributed by atoms with Crippen molar-refractivity contribution in [3.05, 3.63) is 63.8 Å². The molecule has 1 aromatic heterocycles. The van der Waals surface area contributed by atoms with Gasteiger partial charge in [-0.05, 0) is 24.3 Å². The number of carboxylic acid groups (broad SMARTS) is 1. The van der Waals surface area contributed by atoms with E-state index in [4.69, 9.17) is 13.9 Å². The van der Waals surface area contributed by atoms with Crippen LogP contribution in [0.1, 0.15) is 15.9 Å². The fraction of sp³-hybridized carbons (Fsp3) is 0.111. The Morgan fingerprint density at radius 2 is 1.96 bits per heavy atom. The molecule has 0 aliphatic carbocycles. The van der Waals surface area contributed by atoms with Gasteiger partial charge in [-0.3, -0.25) is 4.79 Å². The monoisotopic (exact) mass is 324 g/mol. The highest BCUT2D eigenvalue weighted by Crippen LogP contribution is 2.37. The molecule has 6 heteroatoms. The van der Waals surface area contributed by atoms with Crippen LogP contribution < -0.4 is 10.2 Å². The zero-order valence-corrected chi connectivity index (χ0v) is 12.4. The fourth-order valence-corrected chi connectivity index (χ4v) is 2.76. The molecule has 24 heavy (non-hydrogen) atoms. The number of ether oxygens (including phenoxy) is 2. The highest BCUT2D eigenvalue weighted by atomic mass is 16.7. The first-order valence-corrected chi connectivity index (χ1v) is 7.27. The zero-order valence-electron chi connectivity index (χ0n) is 12.4. The maximum atomic E-state index is 12.3. The number of carbonyl (C=O) groups is 1. The second-order valence-electron chi connectivity index (χ2n) is 5.40. The van der Waals surface area contributed by atoms with E-state index in [-0.39, 0.29) is 30.2 Å². The molecule has 1 aliphatic rings. The normalized spacial score (nSPS) is 13.3. The average molecular weight is 324 g/mol. The van der Waals surface area contributed by atoms with Crippen molar-refractivity contribution in [2.45, 2.75) is 6.61 Å². The van der Waals surface area contributed by atoms with Crippen LogP contribution in [0, 0.1) is 0 Å². The van der Waals surface area contributed by atoms with Crippen molar-refractivity contribution in [1.29, 1.82) is 0 Å². The number of para-hydroxylation sites is 1. The molecule has 0 amide bonds. The second-order valence-corrected chi connectivity index (χ2v) is 5.40. The van der Waals surface area contributed by atoms with E-state index in [1.807, 2.05) is 0 Å². The minimum absolute atomic E-state index is 0.0598. The van der Waals surface area contributed by atoms with E-state index in [1.54, 1.807) is 24.3 Å². The van der Waals surface area contributed by atoms with Crippen LogP contribution in [0.3, 0.4) is 0 Å². The van der Waals surface area contributed by atoms with E-state index in [9.17, 15) is 14.7 Å². The summed E-state index contributed by atoms with van der Waals surface area (Å²) in [5.41, 5.74) is 1.34. The number of fused-ring (bicyclic) bond motifs is 2. The molecule has 0 unspecified atom stereocenters. The maximum absolute atomic E-state index is 12.3. The van der Waals surface area contributed by atoms with Crippen LogP contribution in [0.25, 0.3) is 22.3 Å². The number of hydrogen-bond acceptors (Lipinski definition) is 5. The van der Waals surface area contributed by atoms with Gasteiger partial charge < -0.3 is 19.0 Å². The van der Waals surface area contributed by atoms with Gasteiger partial charge in [-0.15, -0.1) is 0 Å². The summed E-state index contributed by atoms with van der Waals surface area (Å²) < 4.78 is 16.5. The summed E-state index contributed by atoms with van der Waals surface area (Å²) in [5, 5.41) is 9.78. The maximum Gasteiger partial charge on any atom is 0.335 e. The zero-order chi connectivity index (χ0) is 16.7. The van der Waals surface area contributed by atoms with E-state index in [1.165, 1.54) is 18.2 Å². The third-order valence-corrected chi connectivity index (χ3v) is 3.86. The SMILES string of the molecule is O=C(O)c1cc2c(c(-c3cc(=O)c4ccccc4o3)c1)OCOC2. The minimum atomic E-state index is -1.08. The summed E-state index contributed by atoms with van der Waals surface area (Å²) >= 11 is 0. The summed E-state index contributed by atoms with van der Waals surface area (Å²) in [7, 11) is 0. The van der Waals surface area contributed by atoms with Crippen molar-refractivity contribution in [2.75, 3.05) is 6.79 Å². The number of hydrogen-bond donors (Lipinski definition) is 1. The molecule has 0 atom stereocenters. The lowest BCUT2D eigenvalue weighted by Gasteiger charge is -2.21. The summed E-state index contributed by atoms with van der Waals surface area (Å²) in [6.07, 6.45) is 0. The first-order valence-electron chi connectivity index (χ1n) is 7.27. The predicted molar refractivity (Wildman–Crippen MR) is 85.2 cm³/mol. The average Bonchev–Trinajstić information content (AvgIpc) is 2.60. The first-order chi connectivity index (χ1) is 11.6. The van der Waals surface area contributed by atoms with Gasteiger partial charge in [0.25, 0.3) is 0 Å². The summed E-state index contributed by atoms with van der Waals surface area (Å²) in [4.78, 5) is 23.7. The van der Waals surface area contributed by atoms with E-state index in [0.717, 1.165) is 0 Å². The van der Waals surface area contributed by atoms with Crippen molar-refractivity contribution in [1.82, 2.24) is 0 Å². The molecule has 2 heterocycles. The first kappa shape index (κ1) is 14.5. The Labute approximate surface area is 135 Å². The topological polar surface area (TPSA) is 86.0 Å². The third kappa shape index (κ3) is 2.33. The van der Waals surface area contributed by atoms with Gasteiger partial charge >= 0.3 is 5.97 Å². The molecule has 1 aliphatic heterocycles. The number of carboxylic acids is 1. The smallest absolute Gasteiger partial charge is 0.335 e. The molecular weight excluding hydrogens is 312 g/mol. The molecule has 120 valence electrons. The molecule has 4 rings (SSSR count). The van der Waals surface area contributed by atoms with Crippen LogP contribution in [-0.2, 0) is 11.3 Å². The lowest BCUT2D eigenvalue weighted by molar-refractivity contribution is -0.0160. The summed E-state index contributed by atoms with van der Waals surface area (Å²) in [6.45, 7) is 0.297. The molecule has 6 nitrogen and oxygen atoms in total. The molecule has 0 saturated carbocycles. The van der Waals surface area contributed by atoms with Gasteiger partial charge in [0.15, 0.2) is 12.2 Å². The number of benzene rings is 2. The van der Waals surface area contributed by atoms with E-state index in [0.29, 0.717) is 27.8 Å². The Balaban J connectivity index is 2.00. The van der Waals surface area contributed by atoms with Gasteiger partial charge in [0.1, 0.15) is 17.1 Å². The van der Waals surface area contributed by atoms with Crippen molar-refractivity contribution in [3.63, 3.8) is 0 Å². The number of aromatic carboxylic acids is 1. The van der Waals surface area contributed by atoms with Crippen molar-refractivity contribution in [3.8, 4) is 17.1 Å². The summed E-state index contributed by atoms with van der Waals surface area (Å²) in [5.74, 6) is -0.336. The van der Waals surface area contributed by atoms with Gasteiger partial charge in [-0.25, -0.2) is 4.79 Å². The van der Waals surface area contributed by atoms with Crippen LogP contribution in [0.2, 0.25) is 0 Å². The molecular formula is C18H12O6. The quantitative estimate of drug-likeness (QED) is 0.780. The molecule has 2 aromatic carbocycles. The van der Waals surface area contributed by atoms with Crippen LogP contribution in [0.5, 0.6) is 5.75 Å². The third-order valence-electron chi connectivity index (χ3n) is 3.86. The Hall–Kier alpha value is -3.12. The van der Waals surface area contributed by atoms with Gasteiger partial charge in [0.05, 0.1) is 23.1 Å². The molecule has 0 radical (unpaired) electrons. The van der Waals surface area contributed by atoms with Gasteiger partial charge in [-0.2, -0.15) is 0 Å². The molecule has 0 bridgehead atoms. The largest absolute Gasteiger partial charge is 0.478 e. The van der Waals surface area contributed by atoms with Crippen LogP contribution in [0.4, 0.5) is 0 Å². The standard InChI is InChI=1S/C18H12O6/c19-14-7-16(24-15-4-2-1-3-12(14)15)13-6-10(18(20)21)5-11-8-22-9-23-17(11)13/h1-7H,8-9H2,(H,20,21). The molecule has 3 aromatic rings. The second kappa shape index (κ2) is 5.50. The van der Waals surface area contributed by atoms with Crippen molar-refractivity contribution in [2.24, 2.45) is 0 Å². The van der Waals surface area contributed by atoms with Crippen molar-refractivity contribution < 1.29 is 23.8 Å². The predicted octanol–water partition coefficient (Wildman–Crippen LogP) is 3.02. The Bertz CT molecular complexity index is 1020. The van der Waals surface area contributed by atoms with Gasteiger partial charge in [0, 0.05) is 11.6 Å². The van der Waals surface area contributed by atoms with Crippen LogP contribution in [-0.4, -0.2) is 17.9 Å². The lowest BCUT2D eigenvalue weighted by Crippen LogP contribution is -2.14. The molecule has 0 fully saturated rings.